The van der Waals surface area contributed by atoms with Crippen molar-refractivity contribution in [3.8, 4) is 17.1 Å². The van der Waals surface area contributed by atoms with Gasteiger partial charge in [0.25, 0.3) is 0 Å². The Hall–Kier alpha value is -3.23. The van der Waals surface area contributed by atoms with Crippen molar-refractivity contribution in [3.63, 3.8) is 0 Å². The molecule has 4 aliphatic heterocycles. The molecule has 1 aromatic carbocycles. The van der Waals surface area contributed by atoms with Crippen LogP contribution in [0, 0.1) is 0 Å². The van der Waals surface area contributed by atoms with Gasteiger partial charge >= 0.3 is 5.69 Å². The van der Waals surface area contributed by atoms with Gasteiger partial charge in [0.15, 0.2) is 0 Å². The van der Waals surface area contributed by atoms with Gasteiger partial charge in [-0.1, -0.05) is 24.3 Å². The Morgan fingerprint density at radius 2 is 1.97 bits per heavy atom. The molecule has 0 spiro atoms. The quantitative estimate of drug-likeness (QED) is 0.642. The Labute approximate surface area is 210 Å². The van der Waals surface area contributed by atoms with Gasteiger partial charge in [-0.15, -0.1) is 0 Å². The molecule has 0 aliphatic carbocycles. The van der Waals surface area contributed by atoms with Gasteiger partial charge in [-0.25, -0.2) is 9.79 Å². The van der Waals surface area contributed by atoms with Crippen molar-refractivity contribution in [3.05, 3.63) is 63.8 Å². The van der Waals surface area contributed by atoms with Gasteiger partial charge in [-0.05, 0) is 54.9 Å². The number of aliphatic imine (C=N–C) groups is 1. The van der Waals surface area contributed by atoms with Gasteiger partial charge in [0, 0.05) is 37.5 Å². The predicted molar refractivity (Wildman–Crippen MR) is 138 cm³/mol. The Bertz CT molecular complexity index is 1270. The van der Waals surface area contributed by atoms with E-state index in [0.717, 1.165) is 54.1 Å². The molecule has 8 heteroatoms. The number of aryl methyl sites for hydroxylation is 1. The first-order chi connectivity index (χ1) is 17.7. The average molecular weight is 489 g/mol. The van der Waals surface area contributed by atoms with E-state index in [4.69, 9.17) is 19.2 Å². The summed E-state index contributed by atoms with van der Waals surface area (Å²) in [5.41, 5.74) is 5.11. The van der Waals surface area contributed by atoms with E-state index in [2.05, 4.69) is 40.2 Å². The number of hydrogen-bond acceptors (Lipinski definition) is 7. The number of aromatic nitrogens is 2. The molecule has 0 radical (unpaired) electrons. The summed E-state index contributed by atoms with van der Waals surface area (Å²) < 4.78 is 18.6. The van der Waals surface area contributed by atoms with E-state index in [9.17, 15) is 4.79 Å². The van der Waals surface area contributed by atoms with Crippen LogP contribution in [0.3, 0.4) is 0 Å². The van der Waals surface area contributed by atoms with Crippen LogP contribution in [0.25, 0.3) is 16.8 Å². The van der Waals surface area contributed by atoms with E-state index in [1.54, 1.807) is 4.57 Å². The zero-order valence-electron chi connectivity index (χ0n) is 20.5. The summed E-state index contributed by atoms with van der Waals surface area (Å²) in [6.45, 7) is 4.75. The van der Waals surface area contributed by atoms with Gasteiger partial charge in [0.2, 0.25) is 5.88 Å². The van der Waals surface area contributed by atoms with E-state index in [-0.39, 0.29) is 11.8 Å². The van der Waals surface area contributed by atoms with Crippen molar-refractivity contribution >= 4 is 11.8 Å². The normalized spacial score (nSPS) is 21.7. The van der Waals surface area contributed by atoms with Crippen LogP contribution in [0.4, 0.5) is 0 Å². The highest BCUT2D eigenvalue weighted by atomic mass is 16.6. The summed E-state index contributed by atoms with van der Waals surface area (Å²) in [5, 5.41) is 0. The molecule has 1 unspecified atom stereocenters. The lowest BCUT2D eigenvalue weighted by molar-refractivity contribution is -0.102. The van der Waals surface area contributed by atoms with Gasteiger partial charge in [-0.2, -0.15) is 4.98 Å². The summed E-state index contributed by atoms with van der Waals surface area (Å²) in [4.78, 5) is 24.1. The Morgan fingerprint density at radius 3 is 2.83 bits per heavy atom. The number of hydrogen-bond donors (Lipinski definition) is 0. The number of rotatable bonds is 5. The van der Waals surface area contributed by atoms with Crippen molar-refractivity contribution in [2.24, 2.45) is 4.99 Å². The fourth-order valence-electron chi connectivity index (χ4n) is 5.33. The zero-order chi connectivity index (χ0) is 24.3. The minimum atomic E-state index is -0.284. The van der Waals surface area contributed by atoms with Crippen LogP contribution in [-0.4, -0.2) is 66.3 Å². The number of piperidine rings is 1. The van der Waals surface area contributed by atoms with Crippen LogP contribution in [0.2, 0.25) is 0 Å². The van der Waals surface area contributed by atoms with Crippen LogP contribution in [0.15, 0.2) is 52.0 Å². The molecule has 36 heavy (non-hydrogen) atoms. The van der Waals surface area contributed by atoms with E-state index < -0.39 is 0 Å². The minimum absolute atomic E-state index is 0.145. The topological polar surface area (TPSA) is 78.2 Å². The summed E-state index contributed by atoms with van der Waals surface area (Å²) >= 11 is 0. The van der Waals surface area contributed by atoms with Crippen molar-refractivity contribution in [1.82, 2.24) is 14.5 Å². The largest absolute Gasteiger partial charge is 0.475 e. The summed E-state index contributed by atoms with van der Waals surface area (Å²) in [6, 6.07) is 8.33. The van der Waals surface area contributed by atoms with Crippen molar-refractivity contribution < 1.29 is 14.2 Å². The molecular weight excluding hydrogens is 456 g/mol. The van der Waals surface area contributed by atoms with Gasteiger partial charge in [0.1, 0.15) is 18.5 Å². The molecule has 1 atom stereocenters. The molecule has 2 aromatic rings. The lowest BCUT2D eigenvalue weighted by atomic mass is 9.93. The first kappa shape index (κ1) is 23.2. The molecular formula is C28H32N4O4. The number of fused-ring (bicyclic) bond motifs is 3. The lowest BCUT2D eigenvalue weighted by Crippen LogP contribution is -2.34. The number of likely N-dealkylation sites (tertiary alicyclic amines) is 1. The van der Waals surface area contributed by atoms with E-state index in [0.29, 0.717) is 38.9 Å². The highest BCUT2D eigenvalue weighted by Gasteiger charge is 2.22. The highest BCUT2D eigenvalue weighted by Crippen LogP contribution is 2.32. The third-order valence-electron chi connectivity index (χ3n) is 7.26. The molecule has 2 fully saturated rings. The first-order valence-electron chi connectivity index (χ1n) is 13.0. The molecule has 8 nitrogen and oxygen atoms in total. The summed E-state index contributed by atoms with van der Waals surface area (Å²) in [5.74, 6) is 1.42. The maximum absolute atomic E-state index is 12.7. The second kappa shape index (κ2) is 10.4. The molecule has 4 aliphatic rings. The standard InChI is InChI=1S/C28H32N4O4/c33-28-30-27(36-19-23-18-34-13-14-35-23)16-25-24-8-7-20(15-21(24)9-12-32(25)28)22-5-4-6-26(29-17-22)31-10-2-1-3-11-31/h5-8,15-17,23H,1-4,9-14,18-19H2. The highest BCUT2D eigenvalue weighted by molar-refractivity contribution is 6.10. The molecule has 5 heterocycles. The van der Waals surface area contributed by atoms with E-state index in [1.807, 2.05) is 12.3 Å². The monoisotopic (exact) mass is 488 g/mol. The fraction of sp³-hybridized carbons (Fsp3) is 0.464. The molecule has 188 valence electrons. The third-order valence-corrected chi connectivity index (χ3v) is 7.26. The Balaban J connectivity index is 1.22. The lowest BCUT2D eigenvalue weighted by Gasteiger charge is -2.28. The Morgan fingerprint density at radius 1 is 1.06 bits per heavy atom. The second-order valence-corrected chi connectivity index (χ2v) is 9.68. The van der Waals surface area contributed by atoms with Crippen LogP contribution >= 0.6 is 0 Å². The molecule has 1 aromatic heterocycles. The predicted octanol–water partition coefficient (Wildman–Crippen LogP) is 3.45. The molecule has 0 amide bonds. The maximum atomic E-state index is 12.7. The zero-order valence-corrected chi connectivity index (χ0v) is 20.5. The van der Waals surface area contributed by atoms with Crippen LogP contribution < -0.4 is 10.4 Å². The molecule has 2 saturated heterocycles. The number of allylic oxidation sites excluding steroid dienone is 3. The minimum Gasteiger partial charge on any atom is -0.475 e. The van der Waals surface area contributed by atoms with Crippen molar-refractivity contribution in [1.29, 1.82) is 0 Å². The van der Waals surface area contributed by atoms with E-state index >= 15 is 0 Å². The summed E-state index contributed by atoms with van der Waals surface area (Å²) in [6.07, 6.45) is 11.8. The van der Waals surface area contributed by atoms with Crippen LogP contribution in [0.5, 0.6) is 5.88 Å². The average Bonchev–Trinajstić information content (AvgIpc) is 3.19. The summed E-state index contributed by atoms with van der Waals surface area (Å²) in [7, 11) is 0. The SMILES string of the molecule is O=c1nc(OCC2COCCO2)cc2n1CCc1cc(C3=CCC=C(N4CCCCC4)N=C3)ccc1-2. The van der Waals surface area contributed by atoms with Crippen LogP contribution in [-0.2, 0) is 22.4 Å². The van der Waals surface area contributed by atoms with Crippen LogP contribution in [0.1, 0.15) is 36.8 Å². The molecule has 0 N–H and O–H groups in total. The van der Waals surface area contributed by atoms with Crippen molar-refractivity contribution in [2.75, 3.05) is 39.5 Å². The van der Waals surface area contributed by atoms with Gasteiger partial charge in [0.05, 0.1) is 25.5 Å². The first-order valence-corrected chi connectivity index (χ1v) is 13.0. The van der Waals surface area contributed by atoms with Gasteiger partial charge < -0.3 is 19.1 Å². The molecule has 0 saturated carbocycles. The maximum Gasteiger partial charge on any atom is 0.351 e. The smallest absolute Gasteiger partial charge is 0.351 e. The van der Waals surface area contributed by atoms with E-state index in [1.165, 1.54) is 24.8 Å². The van der Waals surface area contributed by atoms with Crippen molar-refractivity contribution in [2.45, 2.75) is 44.8 Å². The number of benzene rings is 1. The third kappa shape index (κ3) is 4.88. The second-order valence-electron chi connectivity index (χ2n) is 9.68. The van der Waals surface area contributed by atoms with Gasteiger partial charge in [-0.3, -0.25) is 4.57 Å². The number of ether oxygens (including phenoxy) is 3. The Kier molecular flexibility index (Phi) is 6.70. The molecule has 6 rings (SSSR count). The number of nitrogens with zero attached hydrogens (tertiary/aromatic N) is 4. The fourth-order valence-corrected chi connectivity index (χ4v) is 5.33. The molecule has 0 bridgehead atoms.